The van der Waals surface area contributed by atoms with Crippen molar-refractivity contribution < 1.29 is 4.79 Å². The molecule has 0 aliphatic heterocycles. The zero-order chi connectivity index (χ0) is 13.8. The van der Waals surface area contributed by atoms with Gasteiger partial charge in [-0.2, -0.15) is 0 Å². The molecular weight excluding hydrogens is 347 g/mol. The van der Waals surface area contributed by atoms with Crippen LogP contribution >= 0.6 is 22.6 Å². The van der Waals surface area contributed by atoms with Gasteiger partial charge in [0, 0.05) is 14.7 Å². The maximum Gasteiger partial charge on any atom is 0.194 e. The first-order valence-electron chi connectivity index (χ1n) is 6.46. The van der Waals surface area contributed by atoms with Gasteiger partial charge in [0.1, 0.15) is 0 Å². The molecule has 98 valence electrons. The minimum atomic E-state index is 0.107. The van der Waals surface area contributed by atoms with Crippen LogP contribution in [0, 0.1) is 9.49 Å². The lowest BCUT2D eigenvalue weighted by molar-refractivity contribution is 0.103. The van der Waals surface area contributed by atoms with Gasteiger partial charge in [0.05, 0.1) is 0 Å². The van der Waals surface area contributed by atoms with Crippen molar-refractivity contribution in [3.63, 3.8) is 0 Å². The Labute approximate surface area is 128 Å². The second-order valence-electron chi connectivity index (χ2n) is 5.11. The van der Waals surface area contributed by atoms with Crippen LogP contribution in [0.4, 0.5) is 0 Å². The predicted molar refractivity (Wildman–Crippen MR) is 87.6 cm³/mol. The topological polar surface area (TPSA) is 17.1 Å². The summed E-state index contributed by atoms with van der Waals surface area (Å²) in [7, 11) is 0. The summed E-state index contributed by atoms with van der Waals surface area (Å²) in [5.41, 5.74) is 2.79. The smallest absolute Gasteiger partial charge is 0.194 e. The maximum atomic E-state index is 12.5. The lowest BCUT2D eigenvalue weighted by Crippen LogP contribution is -2.04. The first-order chi connectivity index (χ1) is 9.08. The Hall–Kier alpha value is -1.16. The lowest BCUT2D eigenvalue weighted by atomic mass is 9.97. The summed E-state index contributed by atoms with van der Waals surface area (Å²) in [5.74, 6) is 0.706. The molecular formula is C17H17IO. The highest BCUT2D eigenvalue weighted by atomic mass is 127. The van der Waals surface area contributed by atoms with Gasteiger partial charge in [-0.3, -0.25) is 4.79 Å². The summed E-state index contributed by atoms with van der Waals surface area (Å²) in [6.07, 6.45) is 1.01. The molecule has 19 heavy (non-hydrogen) atoms. The molecule has 0 heterocycles. The van der Waals surface area contributed by atoms with E-state index in [-0.39, 0.29) is 5.78 Å². The molecule has 0 aliphatic carbocycles. The summed E-state index contributed by atoms with van der Waals surface area (Å²) in [4.78, 5) is 12.5. The van der Waals surface area contributed by atoms with Gasteiger partial charge in [-0.05, 0) is 58.7 Å². The molecule has 2 rings (SSSR count). The Bertz CT molecular complexity index is 587. The summed E-state index contributed by atoms with van der Waals surface area (Å²) in [5, 5.41) is 0. The molecule has 0 unspecified atom stereocenters. The van der Waals surface area contributed by atoms with Crippen molar-refractivity contribution in [2.45, 2.75) is 20.3 Å². The number of carbonyl (C=O) groups excluding carboxylic acids is 1. The van der Waals surface area contributed by atoms with Crippen LogP contribution in [0.25, 0.3) is 0 Å². The highest BCUT2D eigenvalue weighted by molar-refractivity contribution is 14.1. The number of hydrogen-bond donors (Lipinski definition) is 0. The zero-order valence-corrected chi connectivity index (χ0v) is 13.3. The second kappa shape index (κ2) is 6.33. The van der Waals surface area contributed by atoms with Gasteiger partial charge >= 0.3 is 0 Å². The molecule has 2 heteroatoms. The highest BCUT2D eigenvalue weighted by Gasteiger charge is 2.12. The Kier molecular flexibility index (Phi) is 4.75. The molecule has 0 radical (unpaired) electrons. The van der Waals surface area contributed by atoms with Crippen molar-refractivity contribution >= 4 is 28.4 Å². The summed E-state index contributed by atoms with van der Waals surface area (Å²) in [6, 6.07) is 15.7. The second-order valence-corrected chi connectivity index (χ2v) is 6.27. The zero-order valence-electron chi connectivity index (χ0n) is 11.2. The number of halogens is 1. The molecule has 1 nitrogen and oxygen atoms in total. The Morgan fingerprint density at radius 1 is 1.11 bits per heavy atom. The van der Waals surface area contributed by atoms with Crippen LogP contribution in [0.2, 0.25) is 0 Å². The number of carbonyl (C=O) groups is 1. The largest absolute Gasteiger partial charge is 0.289 e. The van der Waals surface area contributed by atoms with Gasteiger partial charge in [0.25, 0.3) is 0 Å². The third-order valence-corrected chi connectivity index (χ3v) is 3.89. The lowest BCUT2D eigenvalue weighted by Gasteiger charge is -2.08. The third kappa shape index (κ3) is 3.66. The van der Waals surface area contributed by atoms with E-state index >= 15 is 0 Å². The molecule has 0 atom stereocenters. The van der Waals surface area contributed by atoms with Gasteiger partial charge in [-0.1, -0.05) is 44.2 Å². The van der Waals surface area contributed by atoms with Crippen molar-refractivity contribution in [3.8, 4) is 0 Å². The van der Waals surface area contributed by atoms with E-state index in [4.69, 9.17) is 0 Å². The van der Waals surface area contributed by atoms with E-state index in [0.29, 0.717) is 5.92 Å². The van der Waals surface area contributed by atoms with Crippen LogP contribution in [0.1, 0.15) is 35.3 Å². The number of hydrogen-bond acceptors (Lipinski definition) is 1. The monoisotopic (exact) mass is 364 g/mol. The fourth-order valence-corrected chi connectivity index (χ4v) is 2.74. The van der Waals surface area contributed by atoms with Gasteiger partial charge in [-0.15, -0.1) is 0 Å². The van der Waals surface area contributed by atoms with Crippen LogP contribution in [0.5, 0.6) is 0 Å². The molecule has 0 aromatic heterocycles. The SMILES string of the molecule is CC(C)Cc1cccc(C(=O)c2ccccc2I)c1. The Morgan fingerprint density at radius 3 is 2.53 bits per heavy atom. The van der Waals surface area contributed by atoms with E-state index in [1.54, 1.807) is 0 Å². The number of benzene rings is 2. The molecule has 0 saturated carbocycles. The Balaban J connectivity index is 2.32. The van der Waals surface area contributed by atoms with Crippen LogP contribution in [0.15, 0.2) is 48.5 Å². The van der Waals surface area contributed by atoms with Gasteiger partial charge < -0.3 is 0 Å². The normalized spacial score (nSPS) is 10.7. The van der Waals surface area contributed by atoms with Crippen molar-refractivity contribution in [2.75, 3.05) is 0 Å². The first-order valence-corrected chi connectivity index (χ1v) is 7.54. The van der Waals surface area contributed by atoms with E-state index in [2.05, 4.69) is 42.5 Å². The molecule has 0 aliphatic rings. The quantitative estimate of drug-likeness (QED) is 0.567. The van der Waals surface area contributed by atoms with E-state index in [0.717, 1.165) is 21.1 Å². The van der Waals surface area contributed by atoms with Crippen LogP contribution in [0.3, 0.4) is 0 Å². The fourth-order valence-electron chi connectivity index (χ4n) is 2.11. The predicted octanol–water partition coefficient (Wildman–Crippen LogP) is 4.72. The fraction of sp³-hybridized carbons (Fsp3) is 0.235. The van der Waals surface area contributed by atoms with E-state index in [1.807, 2.05) is 42.5 Å². The molecule has 2 aromatic rings. The number of rotatable bonds is 4. The van der Waals surface area contributed by atoms with Crippen molar-refractivity contribution in [1.29, 1.82) is 0 Å². The van der Waals surface area contributed by atoms with Crippen LogP contribution in [-0.2, 0) is 6.42 Å². The Morgan fingerprint density at radius 2 is 1.84 bits per heavy atom. The summed E-state index contributed by atoms with van der Waals surface area (Å²) in [6.45, 7) is 4.38. The van der Waals surface area contributed by atoms with Crippen molar-refractivity contribution in [2.24, 2.45) is 5.92 Å². The summed E-state index contributed by atoms with van der Waals surface area (Å²) >= 11 is 2.21. The van der Waals surface area contributed by atoms with Gasteiger partial charge in [0.15, 0.2) is 5.78 Å². The van der Waals surface area contributed by atoms with E-state index in [1.165, 1.54) is 5.56 Å². The highest BCUT2D eigenvalue weighted by Crippen LogP contribution is 2.18. The van der Waals surface area contributed by atoms with Crippen LogP contribution < -0.4 is 0 Å². The first kappa shape index (κ1) is 14.3. The minimum absolute atomic E-state index is 0.107. The molecule has 0 saturated heterocycles. The van der Waals surface area contributed by atoms with Crippen molar-refractivity contribution in [1.82, 2.24) is 0 Å². The summed E-state index contributed by atoms with van der Waals surface area (Å²) < 4.78 is 0.999. The molecule has 0 fully saturated rings. The van der Waals surface area contributed by atoms with E-state index in [9.17, 15) is 4.79 Å². The maximum absolute atomic E-state index is 12.5. The minimum Gasteiger partial charge on any atom is -0.289 e. The van der Waals surface area contributed by atoms with Gasteiger partial charge in [0.2, 0.25) is 0 Å². The average molecular weight is 364 g/mol. The molecule has 0 amide bonds. The third-order valence-electron chi connectivity index (χ3n) is 2.95. The molecule has 2 aromatic carbocycles. The van der Waals surface area contributed by atoms with Crippen molar-refractivity contribution in [3.05, 3.63) is 68.8 Å². The average Bonchev–Trinajstić information content (AvgIpc) is 2.38. The number of ketones is 1. The van der Waals surface area contributed by atoms with E-state index < -0.39 is 0 Å². The molecule has 0 spiro atoms. The molecule has 0 N–H and O–H groups in total. The standard InChI is InChI=1S/C17H17IO/c1-12(2)10-13-6-5-7-14(11-13)17(19)15-8-3-4-9-16(15)18/h3-9,11-12H,10H2,1-2H3. The van der Waals surface area contributed by atoms with Crippen LogP contribution in [-0.4, -0.2) is 5.78 Å². The van der Waals surface area contributed by atoms with Gasteiger partial charge in [-0.25, -0.2) is 0 Å². The molecule has 0 bridgehead atoms.